The number of nitrogens with one attached hydrogen (secondary N) is 1. The number of amidine groups is 1. The van der Waals surface area contributed by atoms with Gasteiger partial charge in [0.1, 0.15) is 23.0 Å². The van der Waals surface area contributed by atoms with E-state index in [2.05, 4.69) is 9.72 Å². The van der Waals surface area contributed by atoms with E-state index in [1.807, 2.05) is 41.5 Å². The van der Waals surface area contributed by atoms with Gasteiger partial charge in [-0.2, -0.15) is 13.2 Å². The highest BCUT2D eigenvalue weighted by Gasteiger charge is 2.42. The van der Waals surface area contributed by atoms with Crippen LogP contribution in [0, 0.1) is 19.3 Å². The van der Waals surface area contributed by atoms with E-state index < -0.39 is 30.1 Å². The molecule has 0 bridgehead atoms. The Morgan fingerprint density at radius 1 is 1.10 bits per heavy atom. The minimum absolute atomic E-state index is 0.0900. The first-order valence-electron chi connectivity index (χ1n) is 12.1. The highest BCUT2D eigenvalue weighted by atomic mass is 19.4. The van der Waals surface area contributed by atoms with Crippen molar-refractivity contribution in [3.8, 4) is 11.5 Å². The summed E-state index contributed by atoms with van der Waals surface area (Å²) in [5, 5.41) is 8.58. The molecule has 1 aliphatic rings. The van der Waals surface area contributed by atoms with Crippen molar-refractivity contribution in [2.75, 3.05) is 19.8 Å². The lowest BCUT2D eigenvalue weighted by atomic mass is 9.85. The van der Waals surface area contributed by atoms with E-state index in [1.54, 1.807) is 11.0 Å². The molecule has 0 atom stereocenters. The summed E-state index contributed by atoms with van der Waals surface area (Å²) in [4.78, 5) is 41.9. The van der Waals surface area contributed by atoms with Crippen molar-refractivity contribution < 1.29 is 41.8 Å². The fourth-order valence-electron chi connectivity index (χ4n) is 4.18. The molecule has 0 radical (unpaired) electrons. The van der Waals surface area contributed by atoms with Crippen LogP contribution in [0.2, 0.25) is 0 Å². The smallest absolute Gasteiger partial charge is 0.491 e. The number of aryl methyl sites for hydroxylation is 1. The largest absolute Gasteiger partial charge is 0.492 e. The van der Waals surface area contributed by atoms with E-state index in [0.717, 1.165) is 11.1 Å². The number of Topliss-reactive ketones (excluding diaryl/α,β-unsaturated/α-hetero) is 1. The van der Waals surface area contributed by atoms with Crippen molar-refractivity contribution in [1.82, 2.24) is 9.88 Å². The maximum absolute atomic E-state index is 13.2. The lowest BCUT2D eigenvalue weighted by Gasteiger charge is -2.24. The van der Waals surface area contributed by atoms with Gasteiger partial charge >= 0.3 is 18.1 Å². The SMILES string of the molecule is CCOc1c(C)nc2c(c1C)CN(CC(=O)c1ccc(OCC(=O)OC(=O)C(F)(F)F)c(C(C)(C)C)c1)C2=N. The summed E-state index contributed by atoms with van der Waals surface area (Å²) < 4.78 is 51.8. The quantitative estimate of drug-likeness (QED) is 0.292. The standard InChI is InChI=1S/C27H30F3N3O6/c1-7-37-23-14(2)17-11-33(24(31)22(17)32-15(23)3)12-19(34)16-8-9-20(18(10-16)26(4,5)6)38-13-21(35)39-25(36)27(28,29)30/h8-10,31H,7,11-13H2,1-6H3. The van der Waals surface area contributed by atoms with E-state index in [1.165, 1.54) is 12.1 Å². The molecule has 0 saturated carbocycles. The zero-order valence-electron chi connectivity index (χ0n) is 22.5. The topological polar surface area (TPSA) is 119 Å². The number of fused-ring (bicyclic) bond motifs is 1. The van der Waals surface area contributed by atoms with E-state index in [4.69, 9.17) is 14.9 Å². The lowest BCUT2D eigenvalue weighted by molar-refractivity contribution is -0.202. The highest BCUT2D eigenvalue weighted by molar-refractivity contribution is 6.04. The first kappa shape index (κ1) is 29.6. The minimum Gasteiger partial charge on any atom is -0.492 e. The predicted octanol–water partition coefficient (Wildman–Crippen LogP) is 4.43. The van der Waals surface area contributed by atoms with Crippen molar-refractivity contribution in [1.29, 1.82) is 5.41 Å². The molecular formula is C27H30F3N3O6. The maximum atomic E-state index is 13.2. The van der Waals surface area contributed by atoms with Gasteiger partial charge in [-0.25, -0.2) is 14.6 Å². The first-order chi connectivity index (χ1) is 18.0. The van der Waals surface area contributed by atoms with Gasteiger partial charge in [0, 0.05) is 28.8 Å². The molecule has 2 heterocycles. The maximum Gasteiger partial charge on any atom is 0.491 e. The molecule has 0 amide bonds. The molecule has 1 aromatic carbocycles. The molecule has 0 spiro atoms. The number of hydrogen-bond acceptors (Lipinski definition) is 8. The van der Waals surface area contributed by atoms with E-state index in [-0.39, 0.29) is 23.9 Å². The Balaban J connectivity index is 1.77. The molecule has 2 aromatic rings. The molecule has 0 fully saturated rings. The fraction of sp³-hybridized carbons (Fsp3) is 0.444. The van der Waals surface area contributed by atoms with Gasteiger partial charge in [-0.3, -0.25) is 10.2 Å². The average molecular weight is 550 g/mol. The van der Waals surface area contributed by atoms with Crippen LogP contribution < -0.4 is 9.47 Å². The Morgan fingerprint density at radius 3 is 2.36 bits per heavy atom. The first-order valence-corrected chi connectivity index (χ1v) is 12.1. The van der Waals surface area contributed by atoms with Crippen LogP contribution in [0.3, 0.4) is 0 Å². The van der Waals surface area contributed by atoms with Crippen molar-refractivity contribution in [2.45, 2.75) is 59.7 Å². The molecule has 210 valence electrons. The Morgan fingerprint density at radius 2 is 1.77 bits per heavy atom. The molecular weight excluding hydrogens is 519 g/mol. The number of benzene rings is 1. The third kappa shape index (κ3) is 6.55. The molecule has 39 heavy (non-hydrogen) atoms. The van der Waals surface area contributed by atoms with Gasteiger partial charge in [-0.1, -0.05) is 20.8 Å². The number of alkyl halides is 3. The Labute approximate surface area is 223 Å². The van der Waals surface area contributed by atoms with Gasteiger partial charge in [0.2, 0.25) is 0 Å². The minimum atomic E-state index is -5.31. The van der Waals surface area contributed by atoms with Gasteiger partial charge in [0.15, 0.2) is 12.4 Å². The summed E-state index contributed by atoms with van der Waals surface area (Å²) in [6.07, 6.45) is -5.31. The number of halogens is 3. The van der Waals surface area contributed by atoms with Gasteiger partial charge < -0.3 is 19.1 Å². The third-order valence-corrected chi connectivity index (χ3v) is 6.09. The molecule has 3 rings (SSSR count). The van der Waals surface area contributed by atoms with Crippen LogP contribution >= 0.6 is 0 Å². The second-order valence-electron chi connectivity index (χ2n) is 10.0. The summed E-state index contributed by atoms with van der Waals surface area (Å²) in [6, 6.07) is 4.48. The molecule has 9 nitrogen and oxygen atoms in total. The summed E-state index contributed by atoms with van der Waals surface area (Å²) in [6.45, 7) is 10.9. The van der Waals surface area contributed by atoms with Crippen LogP contribution in [0.5, 0.6) is 11.5 Å². The zero-order valence-corrected chi connectivity index (χ0v) is 22.5. The number of carbonyl (C=O) groups is 3. The molecule has 0 aliphatic carbocycles. The summed E-state index contributed by atoms with van der Waals surface area (Å²) in [5.41, 5.74) is 3.14. The lowest BCUT2D eigenvalue weighted by Crippen LogP contribution is -2.31. The van der Waals surface area contributed by atoms with Gasteiger partial charge in [0.05, 0.1) is 18.8 Å². The number of ketones is 1. The van der Waals surface area contributed by atoms with E-state index >= 15 is 0 Å². The number of nitrogens with zero attached hydrogens (tertiary/aromatic N) is 2. The molecule has 0 saturated heterocycles. The van der Waals surface area contributed by atoms with Gasteiger partial charge in [-0.05, 0) is 44.4 Å². The predicted molar refractivity (Wildman–Crippen MR) is 134 cm³/mol. The number of ether oxygens (including phenoxy) is 3. The molecule has 1 N–H and O–H groups in total. The van der Waals surface area contributed by atoms with Crippen molar-refractivity contribution in [2.24, 2.45) is 0 Å². The zero-order chi connectivity index (χ0) is 29.3. The van der Waals surface area contributed by atoms with Crippen LogP contribution in [0.25, 0.3) is 0 Å². The molecule has 12 heteroatoms. The molecule has 1 aromatic heterocycles. The number of aromatic nitrogens is 1. The third-order valence-electron chi connectivity index (χ3n) is 6.09. The van der Waals surface area contributed by atoms with E-state index in [9.17, 15) is 27.6 Å². The average Bonchev–Trinajstić information content (AvgIpc) is 3.14. The number of pyridine rings is 1. The monoisotopic (exact) mass is 549 g/mol. The van der Waals surface area contributed by atoms with E-state index in [0.29, 0.717) is 41.4 Å². The summed E-state index contributed by atoms with van der Waals surface area (Å²) >= 11 is 0. The highest BCUT2D eigenvalue weighted by Crippen LogP contribution is 2.34. The van der Waals surface area contributed by atoms with Crippen molar-refractivity contribution in [3.63, 3.8) is 0 Å². The van der Waals surface area contributed by atoms with Crippen LogP contribution in [0.15, 0.2) is 18.2 Å². The number of carbonyl (C=O) groups excluding carboxylic acids is 3. The number of hydrogen-bond donors (Lipinski definition) is 1. The molecule has 1 aliphatic heterocycles. The molecule has 0 unspecified atom stereocenters. The van der Waals surface area contributed by atoms with Crippen molar-refractivity contribution in [3.05, 3.63) is 51.8 Å². The Kier molecular flexibility index (Phi) is 8.37. The summed E-state index contributed by atoms with van der Waals surface area (Å²) in [7, 11) is 0. The Hall–Kier alpha value is -3.96. The number of esters is 2. The second-order valence-corrected chi connectivity index (χ2v) is 10.0. The summed E-state index contributed by atoms with van der Waals surface area (Å²) in [5.74, 6) is -3.45. The van der Waals surface area contributed by atoms with Crippen LogP contribution in [0.1, 0.15) is 66.1 Å². The van der Waals surface area contributed by atoms with Crippen LogP contribution in [-0.4, -0.2) is 59.4 Å². The van der Waals surface area contributed by atoms with Gasteiger partial charge in [-0.15, -0.1) is 0 Å². The van der Waals surface area contributed by atoms with Crippen molar-refractivity contribution >= 4 is 23.6 Å². The Bertz CT molecular complexity index is 1330. The number of rotatable bonds is 8. The van der Waals surface area contributed by atoms with Crippen LogP contribution in [-0.2, 0) is 26.3 Å². The van der Waals surface area contributed by atoms with Crippen LogP contribution in [0.4, 0.5) is 13.2 Å². The second kappa shape index (κ2) is 11.0. The normalized spacial score (nSPS) is 13.3. The van der Waals surface area contributed by atoms with Gasteiger partial charge in [0.25, 0.3) is 0 Å². The fourth-order valence-corrected chi connectivity index (χ4v) is 4.18.